The van der Waals surface area contributed by atoms with Crippen molar-refractivity contribution >= 4 is 24.0 Å². The highest BCUT2D eigenvalue weighted by atomic mass is 16.5. The molecule has 58 heavy (non-hydrogen) atoms. The van der Waals surface area contributed by atoms with Crippen molar-refractivity contribution in [1.82, 2.24) is 40.4 Å². The highest BCUT2D eigenvalue weighted by Crippen LogP contribution is 2.27. The maximum Gasteiger partial charge on any atom is 0.407 e. The Morgan fingerprint density at radius 2 is 0.845 bits per heavy atom. The fourth-order valence-electron chi connectivity index (χ4n) is 5.01. The average molecular weight is 807 g/mol. The van der Waals surface area contributed by atoms with E-state index in [0.29, 0.717) is 37.8 Å². The van der Waals surface area contributed by atoms with Gasteiger partial charge in [-0.1, -0.05) is 131 Å². The second-order valence-electron chi connectivity index (χ2n) is 12.4. The number of methoxy groups -OCH3 is 2. The van der Waals surface area contributed by atoms with Crippen molar-refractivity contribution in [2.45, 2.75) is 108 Å². The van der Waals surface area contributed by atoms with E-state index in [4.69, 9.17) is 0 Å². The Labute approximate surface area is 346 Å². The number of aromatic nitrogens is 4. The van der Waals surface area contributed by atoms with Gasteiger partial charge in [-0.2, -0.15) is 0 Å². The smallest absolute Gasteiger partial charge is 0.407 e. The number of imidazole rings is 2. The molecule has 4 amide bonds. The predicted molar refractivity (Wildman–Crippen MR) is 234 cm³/mol. The van der Waals surface area contributed by atoms with Crippen LogP contribution in [-0.2, 0) is 32.2 Å². The second-order valence-corrected chi connectivity index (χ2v) is 12.4. The first-order chi connectivity index (χ1) is 28.1. The maximum absolute atomic E-state index is 12.6. The topological polar surface area (TPSA) is 175 Å². The van der Waals surface area contributed by atoms with Crippen molar-refractivity contribution in [2.24, 2.45) is 0 Å². The number of rotatable bonds is 15. The van der Waals surface area contributed by atoms with E-state index in [1.807, 2.05) is 90.1 Å². The summed E-state index contributed by atoms with van der Waals surface area (Å²) in [5.74, 6) is 0.847. The van der Waals surface area contributed by atoms with E-state index in [2.05, 4.69) is 67.7 Å². The number of nitrogens with one attached hydrogen (secondary N) is 4. The van der Waals surface area contributed by atoms with Gasteiger partial charge in [-0.05, 0) is 35.1 Å². The molecule has 0 spiro atoms. The first-order valence-electron chi connectivity index (χ1n) is 20.6. The molecule has 0 aliphatic carbocycles. The molecule has 0 aliphatic rings. The van der Waals surface area contributed by atoms with Crippen LogP contribution in [0.2, 0.25) is 0 Å². The summed E-state index contributed by atoms with van der Waals surface area (Å²) >= 11 is 0. The molecule has 0 aliphatic heterocycles. The van der Waals surface area contributed by atoms with E-state index in [0.717, 1.165) is 46.5 Å². The van der Waals surface area contributed by atoms with Crippen LogP contribution in [0.1, 0.15) is 107 Å². The minimum Gasteiger partial charge on any atom is -0.453 e. The molecule has 4 rings (SSSR count). The molecule has 14 nitrogen and oxygen atoms in total. The summed E-state index contributed by atoms with van der Waals surface area (Å²) in [6, 6.07) is 16.2. The molecule has 0 unspecified atom stereocenters. The molecule has 14 heteroatoms. The molecule has 2 aromatic carbocycles. The third-order valence-electron chi connectivity index (χ3n) is 7.49. The van der Waals surface area contributed by atoms with Gasteiger partial charge in [0.15, 0.2) is 0 Å². The molecule has 0 atom stereocenters. The molecule has 4 N–H and O–H groups in total. The molecule has 322 valence electrons. The van der Waals surface area contributed by atoms with Gasteiger partial charge in [-0.15, -0.1) is 0 Å². The lowest BCUT2D eigenvalue weighted by atomic mass is 10.0. The van der Waals surface area contributed by atoms with Crippen molar-refractivity contribution in [3.05, 3.63) is 72.6 Å². The van der Waals surface area contributed by atoms with Crippen LogP contribution in [0.4, 0.5) is 9.59 Å². The Hall–Kier alpha value is -5.66. The van der Waals surface area contributed by atoms with Crippen LogP contribution in [0, 0.1) is 0 Å². The lowest BCUT2D eigenvalue weighted by Gasteiger charge is -2.21. The van der Waals surface area contributed by atoms with Gasteiger partial charge in [0.1, 0.15) is 24.7 Å². The van der Waals surface area contributed by atoms with Gasteiger partial charge in [-0.3, -0.25) is 9.59 Å². The Morgan fingerprint density at radius 1 is 0.552 bits per heavy atom. The number of nitrogens with zero attached hydrogens (tertiary/aromatic N) is 4. The van der Waals surface area contributed by atoms with Gasteiger partial charge in [0.2, 0.25) is 11.8 Å². The third-order valence-corrected chi connectivity index (χ3v) is 7.49. The van der Waals surface area contributed by atoms with Gasteiger partial charge in [0.05, 0.1) is 51.1 Å². The molecular weight excluding hydrogens is 737 g/mol. The van der Waals surface area contributed by atoms with Crippen LogP contribution < -0.4 is 10.6 Å². The summed E-state index contributed by atoms with van der Waals surface area (Å²) in [6.07, 6.45) is 6.22. The molecular formula is C44H70N8O6. The number of hydrogen-bond donors (Lipinski definition) is 4. The predicted octanol–water partition coefficient (Wildman–Crippen LogP) is 9.21. The summed E-state index contributed by atoms with van der Waals surface area (Å²) < 4.78 is 9.09. The Balaban J connectivity index is 0.00000297. The molecule has 4 aromatic rings. The monoisotopic (exact) mass is 807 g/mol. The quantitative estimate of drug-likeness (QED) is 0.0920. The zero-order chi connectivity index (χ0) is 43.9. The van der Waals surface area contributed by atoms with E-state index in [9.17, 15) is 19.2 Å². The van der Waals surface area contributed by atoms with Crippen molar-refractivity contribution in [2.75, 3.05) is 40.4 Å². The van der Waals surface area contributed by atoms with Crippen LogP contribution in [0.25, 0.3) is 33.6 Å². The first kappa shape index (κ1) is 52.3. The largest absolute Gasteiger partial charge is 0.453 e. The van der Waals surface area contributed by atoms with E-state index < -0.39 is 12.2 Å². The van der Waals surface area contributed by atoms with E-state index in [-0.39, 0.29) is 24.9 Å². The highest BCUT2D eigenvalue weighted by molar-refractivity contribution is 5.83. The van der Waals surface area contributed by atoms with Gasteiger partial charge < -0.3 is 39.9 Å². The number of H-pyrrole nitrogens is 2. The van der Waals surface area contributed by atoms with Gasteiger partial charge in [-0.25, -0.2) is 19.6 Å². The number of alkyl carbamates (subject to hydrolysis) is 2. The zero-order valence-corrected chi connectivity index (χ0v) is 37.1. The van der Waals surface area contributed by atoms with E-state index >= 15 is 0 Å². The molecule has 0 saturated heterocycles. The number of hydrogen-bond acceptors (Lipinski definition) is 8. The maximum atomic E-state index is 12.6. The van der Waals surface area contributed by atoms with Crippen LogP contribution in [0.5, 0.6) is 0 Å². The van der Waals surface area contributed by atoms with Crippen LogP contribution in [-0.4, -0.2) is 94.1 Å². The number of amides is 4. The molecule has 0 fully saturated rings. The SMILES string of the molecule is CC.CC.CCC.CCC.CCCN(Cc1ncc(-c2ccc(-c3ccc(-c4cnc(CN(CCC)C(=O)CNC(=O)OC)[nH]4)cc3)cc2)[nH]1)C(=O)CNC(=O)OC. The molecule has 0 saturated carbocycles. The highest BCUT2D eigenvalue weighted by Gasteiger charge is 2.18. The van der Waals surface area contributed by atoms with Crippen molar-refractivity contribution < 1.29 is 28.7 Å². The lowest BCUT2D eigenvalue weighted by molar-refractivity contribution is -0.131. The first-order valence-corrected chi connectivity index (χ1v) is 20.6. The molecule has 2 heterocycles. The Morgan fingerprint density at radius 3 is 1.12 bits per heavy atom. The summed E-state index contributed by atoms with van der Waals surface area (Å²) in [4.78, 5) is 66.8. The minimum absolute atomic E-state index is 0.148. The molecule has 2 aromatic heterocycles. The molecule has 0 radical (unpaired) electrons. The standard InChI is InChI=1S/C34H42N8O6.2C3H8.2C2H6/c1-5-15-41(31(43)19-37-33(45)47-3)21-29-35-17-27(39-29)25-11-7-23(8-12-25)24-9-13-26(14-10-24)28-18-36-30(40-28)22-42(16-6-2)32(44)20-38-34(46)48-4;2*1-3-2;2*1-2/h7-14,17-18H,5-6,15-16,19-22H2,1-4H3,(H,35,39)(H,36,40)(H,37,45)(H,38,46);2*3H2,1-2H3;2*1-2H3. The van der Waals surface area contributed by atoms with Gasteiger partial charge in [0.25, 0.3) is 0 Å². The third kappa shape index (κ3) is 19.0. The fourth-order valence-corrected chi connectivity index (χ4v) is 5.01. The average Bonchev–Trinajstić information content (AvgIpc) is 3.93. The Bertz CT molecular complexity index is 1580. The number of ether oxygens (including phenoxy) is 2. The molecule has 0 bridgehead atoms. The second kappa shape index (κ2) is 31.4. The summed E-state index contributed by atoms with van der Waals surface area (Å²) in [5.41, 5.74) is 5.66. The number of aromatic amines is 2. The van der Waals surface area contributed by atoms with Gasteiger partial charge in [0, 0.05) is 13.1 Å². The number of carbonyl (C=O) groups excluding carboxylic acids is 4. The van der Waals surface area contributed by atoms with Crippen molar-refractivity contribution in [3.63, 3.8) is 0 Å². The van der Waals surface area contributed by atoms with Crippen LogP contribution in [0.15, 0.2) is 60.9 Å². The van der Waals surface area contributed by atoms with Crippen molar-refractivity contribution in [1.29, 1.82) is 0 Å². The van der Waals surface area contributed by atoms with Crippen molar-refractivity contribution in [3.8, 4) is 33.6 Å². The number of carbonyl (C=O) groups is 4. The van der Waals surface area contributed by atoms with E-state index in [1.54, 1.807) is 22.2 Å². The zero-order valence-electron chi connectivity index (χ0n) is 37.1. The van der Waals surface area contributed by atoms with E-state index in [1.165, 1.54) is 27.1 Å². The number of benzene rings is 2. The summed E-state index contributed by atoms with van der Waals surface area (Å²) in [6.45, 7) is 21.8. The normalized spacial score (nSPS) is 9.66. The van der Waals surface area contributed by atoms with Gasteiger partial charge >= 0.3 is 12.2 Å². The summed E-state index contributed by atoms with van der Waals surface area (Å²) in [5, 5.41) is 4.86. The fraction of sp³-hybridized carbons (Fsp3) is 0.500. The van der Waals surface area contributed by atoms with Crippen LogP contribution >= 0.6 is 0 Å². The minimum atomic E-state index is -0.652. The van der Waals surface area contributed by atoms with Crippen LogP contribution in [0.3, 0.4) is 0 Å². The lowest BCUT2D eigenvalue weighted by Crippen LogP contribution is -2.40. The Kier molecular flexibility index (Phi) is 28.4. The summed E-state index contributed by atoms with van der Waals surface area (Å²) in [7, 11) is 2.50.